The fourth-order valence-electron chi connectivity index (χ4n) is 4.09. The van der Waals surface area contributed by atoms with Crippen LogP contribution in [0.2, 0.25) is 0 Å². The molecular weight excluding hydrogens is 416 g/mol. The molecule has 7 nitrogen and oxygen atoms in total. The third-order valence-corrected chi connectivity index (χ3v) is 7.66. The number of anilines is 1. The zero-order chi connectivity index (χ0) is 22.8. The molecule has 1 saturated heterocycles. The van der Waals surface area contributed by atoms with Crippen molar-refractivity contribution in [2.45, 2.75) is 38.5 Å². The van der Waals surface area contributed by atoms with Crippen molar-refractivity contribution >= 4 is 21.6 Å². The van der Waals surface area contributed by atoms with Gasteiger partial charge in [-0.25, -0.2) is 8.42 Å². The monoisotopic (exact) mass is 446 g/mol. The number of aryl methyl sites for hydroxylation is 3. The summed E-state index contributed by atoms with van der Waals surface area (Å²) in [6, 6.07) is 8.79. The Morgan fingerprint density at radius 1 is 1.00 bits per heavy atom. The highest BCUT2D eigenvalue weighted by molar-refractivity contribution is 7.89. The summed E-state index contributed by atoms with van der Waals surface area (Å²) < 4.78 is 38.3. The zero-order valence-electron chi connectivity index (χ0n) is 18.7. The molecule has 0 bridgehead atoms. The van der Waals surface area contributed by atoms with Crippen molar-refractivity contribution in [2.24, 2.45) is 5.92 Å². The molecule has 2 aromatic rings. The van der Waals surface area contributed by atoms with E-state index in [0.29, 0.717) is 18.6 Å². The maximum atomic E-state index is 13.2. The van der Waals surface area contributed by atoms with Crippen LogP contribution in [-0.2, 0) is 14.8 Å². The Labute approximate surface area is 184 Å². The van der Waals surface area contributed by atoms with Gasteiger partial charge >= 0.3 is 0 Å². The Hall–Kier alpha value is -2.58. The van der Waals surface area contributed by atoms with Crippen LogP contribution in [0.15, 0.2) is 35.2 Å². The number of sulfonamides is 1. The number of carbonyl (C=O) groups excluding carboxylic acids is 1. The maximum Gasteiger partial charge on any atom is 0.246 e. The number of rotatable bonds is 6. The molecule has 0 unspecified atom stereocenters. The summed E-state index contributed by atoms with van der Waals surface area (Å²) in [6.07, 6.45) is 0.919. The van der Waals surface area contributed by atoms with E-state index in [4.69, 9.17) is 9.47 Å². The number of piperidine rings is 1. The van der Waals surface area contributed by atoms with Crippen molar-refractivity contribution < 1.29 is 22.7 Å². The summed E-state index contributed by atoms with van der Waals surface area (Å²) in [6.45, 7) is 6.52. The standard InChI is InChI=1S/C23H30N2O5S/c1-15-12-16(2)22(17(3)13-15)24-23(26)18-8-10-25(11-9-18)31(27,28)21-14-19(29-4)6-7-20(21)30-5/h6-7,12-14,18H,8-11H2,1-5H3,(H,24,26). The number of methoxy groups -OCH3 is 2. The first-order valence-corrected chi connectivity index (χ1v) is 11.7. The van der Waals surface area contributed by atoms with E-state index < -0.39 is 10.0 Å². The molecule has 0 aromatic heterocycles. The largest absolute Gasteiger partial charge is 0.497 e. The van der Waals surface area contributed by atoms with Crippen LogP contribution in [-0.4, -0.2) is 45.9 Å². The molecule has 1 amide bonds. The molecular formula is C23H30N2O5S. The SMILES string of the molecule is COc1ccc(OC)c(S(=O)(=O)N2CCC(C(=O)Nc3c(C)cc(C)cc3C)CC2)c1. The van der Waals surface area contributed by atoms with Gasteiger partial charge in [0.2, 0.25) is 15.9 Å². The summed E-state index contributed by atoms with van der Waals surface area (Å²) in [5, 5.41) is 3.05. The molecule has 0 atom stereocenters. The Morgan fingerprint density at radius 3 is 2.16 bits per heavy atom. The lowest BCUT2D eigenvalue weighted by Gasteiger charge is -2.31. The molecule has 1 heterocycles. The summed E-state index contributed by atoms with van der Waals surface area (Å²) >= 11 is 0. The molecule has 168 valence electrons. The number of nitrogens with one attached hydrogen (secondary N) is 1. The van der Waals surface area contributed by atoms with E-state index in [9.17, 15) is 13.2 Å². The first-order valence-electron chi connectivity index (χ1n) is 10.3. The average Bonchev–Trinajstić information content (AvgIpc) is 2.75. The number of ether oxygens (including phenoxy) is 2. The lowest BCUT2D eigenvalue weighted by atomic mass is 9.96. The summed E-state index contributed by atoms with van der Waals surface area (Å²) in [7, 11) is -0.844. The first-order chi connectivity index (χ1) is 14.7. The van der Waals surface area contributed by atoms with E-state index in [0.717, 1.165) is 22.4 Å². The first kappa shape index (κ1) is 23.1. The van der Waals surface area contributed by atoms with E-state index in [2.05, 4.69) is 5.32 Å². The van der Waals surface area contributed by atoms with Gasteiger partial charge in [-0.15, -0.1) is 0 Å². The van der Waals surface area contributed by atoms with Gasteiger partial charge in [-0.2, -0.15) is 4.31 Å². The predicted molar refractivity (Wildman–Crippen MR) is 120 cm³/mol. The maximum absolute atomic E-state index is 13.2. The Morgan fingerprint density at radius 2 is 1.61 bits per heavy atom. The minimum atomic E-state index is -3.77. The number of hydrogen-bond donors (Lipinski definition) is 1. The van der Waals surface area contributed by atoms with Crippen LogP contribution in [0, 0.1) is 26.7 Å². The highest BCUT2D eigenvalue weighted by Crippen LogP contribution is 2.33. The lowest BCUT2D eigenvalue weighted by molar-refractivity contribution is -0.120. The zero-order valence-corrected chi connectivity index (χ0v) is 19.5. The molecule has 8 heteroatoms. The normalized spacial score (nSPS) is 15.5. The number of nitrogens with zero attached hydrogens (tertiary/aromatic N) is 1. The molecule has 1 aliphatic heterocycles. The van der Waals surface area contributed by atoms with Gasteiger partial charge in [0.1, 0.15) is 16.4 Å². The van der Waals surface area contributed by atoms with E-state index in [1.54, 1.807) is 12.1 Å². The van der Waals surface area contributed by atoms with E-state index >= 15 is 0 Å². The van der Waals surface area contributed by atoms with Gasteiger partial charge in [0.05, 0.1) is 14.2 Å². The molecule has 1 aliphatic rings. The molecule has 0 aliphatic carbocycles. The Kier molecular flexibility index (Phi) is 6.91. The third-order valence-electron chi connectivity index (χ3n) is 5.74. The van der Waals surface area contributed by atoms with Crippen LogP contribution in [0.5, 0.6) is 11.5 Å². The van der Waals surface area contributed by atoms with Crippen LogP contribution < -0.4 is 14.8 Å². The van der Waals surface area contributed by atoms with Crippen molar-refractivity contribution in [3.63, 3.8) is 0 Å². The second-order valence-electron chi connectivity index (χ2n) is 7.96. The van der Waals surface area contributed by atoms with Crippen molar-refractivity contribution in [1.82, 2.24) is 4.31 Å². The fourth-order valence-corrected chi connectivity index (χ4v) is 5.73. The van der Waals surface area contributed by atoms with Gasteiger partial charge in [0, 0.05) is 30.8 Å². The van der Waals surface area contributed by atoms with Gasteiger partial charge in [0.15, 0.2) is 0 Å². The molecule has 3 rings (SSSR count). The molecule has 1 N–H and O–H groups in total. The van der Waals surface area contributed by atoms with Crippen LogP contribution in [0.25, 0.3) is 0 Å². The van der Waals surface area contributed by atoms with Gasteiger partial charge in [-0.1, -0.05) is 17.7 Å². The van der Waals surface area contributed by atoms with Crippen molar-refractivity contribution in [2.75, 3.05) is 32.6 Å². The van der Waals surface area contributed by atoms with Crippen LogP contribution in [0.3, 0.4) is 0 Å². The quantitative estimate of drug-likeness (QED) is 0.732. The minimum Gasteiger partial charge on any atom is -0.497 e. The molecule has 1 fully saturated rings. The summed E-state index contributed by atoms with van der Waals surface area (Å²) in [5.74, 6) is 0.410. The second kappa shape index (κ2) is 9.28. The van der Waals surface area contributed by atoms with Crippen LogP contribution in [0.4, 0.5) is 5.69 Å². The number of benzene rings is 2. The third kappa shape index (κ3) is 4.85. The molecule has 31 heavy (non-hydrogen) atoms. The van der Waals surface area contributed by atoms with Crippen molar-refractivity contribution in [1.29, 1.82) is 0 Å². The molecule has 0 spiro atoms. The highest BCUT2D eigenvalue weighted by atomic mass is 32.2. The molecule has 2 aromatic carbocycles. The Bertz CT molecular complexity index is 1050. The van der Waals surface area contributed by atoms with E-state index in [-0.39, 0.29) is 35.6 Å². The average molecular weight is 447 g/mol. The van der Waals surface area contributed by atoms with Crippen LogP contribution in [0.1, 0.15) is 29.5 Å². The molecule has 0 radical (unpaired) electrons. The lowest BCUT2D eigenvalue weighted by Crippen LogP contribution is -2.41. The topological polar surface area (TPSA) is 84.9 Å². The van der Waals surface area contributed by atoms with Crippen molar-refractivity contribution in [3.05, 3.63) is 47.0 Å². The molecule has 0 saturated carbocycles. The van der Waals surface area contributed by atoms with Gasteiger partial charge < -0.3 is 14.8 Å². The second-order valence-corrected chi connectivity index (χ2v) is 9.86. The smallest absolute Gasteiger partial charge is 0.246 e. The Balaban J connectivity index is 1.71. The fraction of sp³-hybridized carbons (Fsp3) is 0.435. The highest BCUT2D eigenvalue weighted by Gasteiger charge is 2.34. The summed E-state index contributed by atoms with van der Waals surface area (Å²) in [5.41, 5.74) is 4.04. The van der Waals surface area contributed by atoms with E-state index in [1.807, 2.05) is 32.9 Å². The minimum absolute atomic E-state index is 0.0638. The van der Waals surface area contributed by atoms with E-state index in [1.165, 1.54) is 24.6 Å². The van der Waals surface area contributed by atoms with Crippen molar-refractivity contribution in [3.8, 4) is 11.5 Å². The predicted octanol–water partition coefficient (Wildman–Crippen LogP) is 3.67. The van der Waals surface area contributed by atoms with Gasteiger partial charge in [0.25, 0.3) is 0 Å². The number of carbonyl (C=O) groups is 1. The van der Waals surface area contributed by atoms with Gasteiger partial charge in [-0.3, -0.25) is 4.79 Å². The number of amides is 1. The summed E-state index contributed by atoms with van der Waals surface area (Å²) in [4.78, 5) is 12.9. The van der Waals surface area contributed by atoms with Crippen LogP contribution >= 0.6 is 0 Å². The van der Waals surface area contributed by atoms with Gasteiger partial charge in [-0.05, 0) is 56.9 Å². The number of hydrogen-bond acceptors (Lipinski definition) is 5.